The van der Waals surface area contributed by atoms with Gasteiger partial charge in [0.05, 0.1) is 64.3 Å². The molecule has 2 aromatic carbocycles. The molecule has 34 nitrogen and oxygen atoms in total. The fourth-order valence-electron chi connectivity index (χ4n) is 12.6. The van der Waals surface area contributed by atoms with E-state index in [1.807, 2.05) is 30.3 Å². The number of carboxylic acids is 3. The van der Waals surface area contributed by atoms with Crippen molar-refractivity contribution in [1.29, 1.82) is 0 Å². The van der Waals surface area contributed by atoms with Gasteiger partial charge in [0.15, 0.2) is 13.1 Å². The molecule has 7 atom stereocenters. The first-order valence-electron chi connectivity index (χ1n) is 35.3. The van der Waals surface area contributed by atoms with Gasteiger partial charge in [-0.1, -0.05) is 49.5 Å². The predicted molar refractivity (Wildman–Crippen MR) is 381 cm³/mol. The summed E-state index contributed by atoms with van der Waals surface area (Å²) in [5.74, 6) is -5.13. The maximum absolute atomic E-state index is 13.8. The van der Waals surface area contributed by atoms with Crippen LogP contribution in [0.4, 0.5) is 15.3 Å². The Labute approximate surface area is 624 Å². The Morgan fingerprint density at radius 3 is 1.88 bits per heavy atom. The maximum atomic E-state index is 13.8. The van der Waals surface area contributed by atoms with Crippen LogP contribution >= 0.6 is 22.6 Å². The zero-order chi connectivity index (χ0) is 73.2. The molecule has 4 fully saturated rings. The molecular weight excluding hydrogens is 1500 g/mol. The summed E-state index contributed by atoms with van der Waals surface area (Å²) in [5, 5.41) is 68.6. The van der Waals surface area contributed by atoms with Crippen molar-refractivity contribution in [3.63, 3.8) is 0 Å². The van der Waals surface area contributed by atoms with Gasteiger partial charge in [-0.3, -0.25) is 28.8 Å². The Kier molecular flexibility index (Phi) is 36.1. The molecule has 1 aromatic heterocycles. The number of urea groups is 2. The zero-order valence-electron chi connectivity index (χ0n) is 58.5. The summed E-state index contributed by atoms with van der Waals surface area (Å²) >= 11 is 2.19. The first-order valence-corrected chi connectivity index (χ1v) is 36.4. The van der Waals surface area contributed by atoms with Crippen LogP contribution in [0.2, 0.25) is 0 Å². The molecule has 0 saturated carbocycles. The number of ether oxygens (including phenoxy) is 3. The van der Waals surface area contributed by atoms with Crippen LogP contribution in [0.15, 0.2) is 54.7 Å². The van der Waals surface area contributed by atoms with Crippen molar-refractivity contribution in [1.82, 2.24) is 68.2 Å². The molecule has 4 aliphatic heterocycles. The summed E-state index contributed by atoms with van der Waals surface area (Å²) in [6.07, 6.45) is 5.46. The van der Waals surface area contributed by atoms with Crippen LogP contribution in [0, 0.1) is 8.99 Å². The molecule has 4 saturated heterocycles. The predicted octanol–water partition coefficient (Wildman–Crippen LogP) is 2.16. The van der Waals surface area contributed by atoms with Crippen LogP contribution in [-0.2, 0) is 82.6 Å². The molecule has 4 unspecified atom stereocenters. The summed E-state index contributed by atoms with van der Waals surface area (Å²) in [7, 11) is 0. The monoisotopic (exact) mass is 1610 g/mol. The van der Waals surface area contributed by atoms with Crippen LogP contribution in [0.3, 0.4) is 0 Å². The molecule has 103 heavy (non-hydrogen) atoms. The van der Waals surface area contributed by atoms with Gasteiger partial charge in [0.25, 0.3) is 0 Å². The quantitative estimate of drug-likeness (QED) is 0.0167. The molecule has 1 radical (unpaired) electrons. The van der Waals surface area contributed by atoms with Gasteiger partial charge >= 0.3 is 30.0 Å². The van der Waals surface area contributed by atoms with Crippen LogP contribution in [0.1, 0.15) is 109 Å². The maximum Gasteiger partial charge on any atom is 0.326 e. The van der Waals surface area contributed by atoms with Gasteiger partial charge in [0, 0.05) is 115 Å². The second kappa shape index (κ2) is 43.9. The van der Waals surface area contributed by atoms with Crippen molar-refractivity contribution < 1.29 is 104 Å². The number of carbonyl (C=O) groups excluding carboxylic acids is 7. The second-order valence-electron chi connectivity index (χ2n) is 26.7. The molecule has 5 heterocycles. The number of hydrogen-bond acceptors (Lipinski definition) is 17. The van der Waals surface area contributed by atoms with Crippen LogP contribution in [0.5, 0.6) is 0 Å². The van der Waals surface area contributed by atoms with E-state index in [2.05, 4.69) is 98.3 Å². The largest absolute Gasteiger partial charge is 0.481 e. The molecule has 7 rings (SSSR count). The number of fused-ring (bicyclic) bond motifs is 2. The Hall–Kier alpha value is -7.23. The van der Waals surface area contributed by atoms with E-state index in [1.165, 1.54) is 0 Å². The summed E-state index contributed by atoms with van der Waals surface area (Å²) in [6.45, 7) is 12.5. The van der Waals surface area contributed by atoms with Crippen molar-refractivity contribution in [2.24, 2.45) is 5.41 Å². The molecule has 36 heteroatoms. The average molecular weight is 1610 g/mol. The van der Waals surface area contributed by atoms with Gasteiger partial charge in [-0.25, -0.2) is 33.3 Å². The minimum Gasteiger partial charge on any atom is -0.481 e. The number of hydrogen-bond donors (Lipinski definition) is 14. The van der Waals surface area contributed by atoms with Crippen molar-refractivity contribution in [2.45, 2.75) is 140 Å². The van der Waals surface area contributed by atoms with Crippen molar-refractivity contribution in [3.8, 4) is 11.3 Å². The summed E-state index contributed by atoms with van der Waals surface area (Å²) in [4.78, 5) is 125. The van der Waals surface area contributed by atoms with Crippen molar-refractivity contribution in [2.75, 3.05) is 137 Å². The number of nitrogens with one attached hydrogen (secondary N) is 11. The minimum atomic E-state index is -1.26. The van der Waals surface area contributed by atoms with Crippen LogP contribution in [0.25, 0.3) is 22.1 Å². The summed E-state index contributed by atoms with van der Waals surface area (Å²) in [6, 6.07) is 9.94. The third kappa shape index (κ3) is 29.3. The van der Waals surface area contributed by atoms with Crippen molar-refractivity contribution in [3.05, 3.63) is 74.7 Å². The number of carboxylic acid groups (broad SMARTS) is 3. The Morgan fingerprint density at radius 1 is 0.612 bits per heavy atom. The third-order valence-corrected chi connectivity index (χ3v) is 18.8. The number of benzene rings is 2. The Bertz CT molecular complexity index is 3250. The first-order chi connectivity index (χ1) is 49.1. The normalized spacial score (nSPS) is 20.4. The van der Waals surface area contributed by atoms with Crippen molar-refractivity contribution >= 4 is 87.8 Å². The fraction of sp³-hybridized carbons (Fsp3) is 0.642. The molecule has 4 bridgehead atoms. The smallest absolute Gasteiger partial charge is 0.326 e. The number of aliphatic carboxylic acids is 3. The van der Waals surface area contributed by atoms with Gasteiger partial charge in [0.1, 0.15) is 36.9 Å². The van der Waals surface area contributed by atoms with E-state index < -0.39 is 65.4 Å². The molecule has 0 aliphatic carbocycles. The van der Waals surface area contributed by atoms with Crippen LogP contribution < -0.4 is 58.5 Å². The third-order valence-electron chi connectivity index (χ3n) is 18.1. The number of quaternary nitrogens is 2. The van der Waals surface area contributed by atoms with Gasteiger partial charge < -0.3 is 98.9 Å². The molecular formula is C67H103CuIN18O16. The number of carbonyl (C=O) groups is 10. The first kappa shape index (κ1) is 84.7. The zero-order valence-corrected chi connectivity index (χ0v) is 61.6. The SMILES string of the molecule is CC12C[N-][N+]3(CC[N+]34CC(NC(=O)CCCC(=O)NCCCC[C@H](NC(=O)CCOCCOCCOCCn3cc(-c5cccc(NC(=O)NCCCC[C@H](NC(=O)NCCCC(=O)O)C(=O)O)c5)nn3)C(=O)N[C@@H](CCCCNC(=O)Cc3ccc(I)cc3)C(=O)O)(C[N-]4)CNCCNC1)C2.[Cu]. The molecule has 14 N–H and O–H groups in total. The van der Waals surface area contributed by atoms with E-state index in [0.29, 0.717) is 111 Å². The average Bonchev–Trinajstić information content (AvgIpc) is 1.54. The van der Waals surface area contributed by atoms with Gasteiger partial charge in [-0.15, -0.1) is 5.10 Å². The standard InChI is InChI=1S/C67H103IN18O16.Cu/c1-66-42-69-28-29-70-44-67(45-76-86(47-67)32-31-85(86,46-66)75-43-66)81-58(89)17-9-16-56(87)71-24-5-2-13-52(61(93)79-53(62(94)95)14-3-6-25-72-59(90)39-48-19-21-50(68)22-20-48)78-57(88)23-33-100-35-37-102-38-36-101-34-30-84-41-55(82-83-84)49-11-8-12-51(40-49)77-64(98)73-26-7-4-15-54(63(96)97)80-65(99)74-27-10-18-60(91)92;/h8,11-12,19-22,40-41,52-54,69-70H,2-7,9-10,13-18,23-39,42-47H2,1H3,(H,71,87)(H,72,90)(H,78,88)(H,79,93)(H,81,89)(H,91,92)(H,94,95)(H,96,97)(H2,73,77,98)(H2,74,80,99);/t52-,53-,54-,66?,67?,85?,86?;/m0./s1. The Balaban J connectivity index is 0.0000167. The number of aromatic nitrogens is 3. The molecule has 3 aromatic rings. The number of rotatable bonds is 46. The fourth-order valence-corrected chi connectivity index (χ4v) is 12.9. The summed E-state index contributed by atoms with van der Waals surface area (Å²) < 4.78 is 20.8. The number of amides is 9. The Morgan fingerprint density at radius 2 is 1.20 bits per heavy atom. The topological polar surface area (TPSA) is 450 Å². The number of unbranched alkanes of at least 4 members (excludes halogenated alkanes) is 3. The molecule has 2 spiro atoms. The number of nitrogens with zero attached hydrogens (tertiary/aromatic N) is 7. The second-order valence-corrected chi connectivity index (χ2v) is 27.9. The van der Waals surface area contributed by atoms with E-state index in [-0.39, 0.29) is 151 Å². The summed E-state index contributed by atoms with van der Waals surface area (Å²) in [5.41, 5.74) is 12.4. The van der Waals surface area contributed by atoms with Crippen LogP contribution in [-0.4, -0.2) is 254 Å². The molecule has 4 aliphatic rings. The number of halogens is 1. The van der Waals surface area contributed by atoms with Gasteiger partial charge in [-0.05, 0) is 123 Å². The van der Waals surface area contributed by atoms with E-state index in [0.717, 1.165) is 54.9 Å². The van der Waals surface area contributed by atoms with E-state index in [1.54, 1.807) is 29.1 Å². The molecule has 9 amide bonds. The van der Waals surface area contributed by atoms with E-state index in [9.17, 15) is 58.2 Å². The van der Waals surface area contributed by atoms with E-state index >= 15 is 0 Å². The minimum absolute atomic E-state index is 0. The van der Waals surface area contributed by atoms with E-state index in [4.69, 9.17) is 30.2 Å². The van der Waals surface area contributed by atoms with Gasteiger partial charge in [-0.2, -0.15) is 0 Å². The molecule has 575 valence electrons. The van der Waals surface area contributed by atoms with Gasteiger partial charge in [0.2, 0.25) is 29.5 Å². The number of anilines is 1.